The number of hydrogen-bond donors (Lipinski definition) is 1. The maximum absolute atomic E-state index is 6.21. The number of halogens is 1. The van der Waals surface area contributed by atoms with Gasteiger partial charge in [-0.25, -0.2) is 14.6 Å². The molecule has 0 bridgehead atoms. The molecule has 0 saturated carbocycles. The number of fused-ring (bicyclic) bond motifs is 1. The smallest absolute Gasteiger partial charge is 0.168 e. The van der Waals surface area contributed by atoms with E-state index in [0.717, 1.165) is 28.1 Å². The minimum atomic E-state index is -0.0868. The zero-order valence-electron chi connectivity index (χ0n) is 13.1. The predicted octanol–water partition coefficient (Wildman–Crippen LogP) is 3.99. The molecule has 0 aliphatic heterocycles. The fraction of sp³-hybridized carbons (Fsp3) is 0.312. The minimum absolute atomic E-state index is 0.0868. The van der Waals surface area contributed by atoms with Crippen LogP contribution in [0.2, 0.25) is 5.02 Å². The van der Waals surface area contributed by atoms with Crippen LogP contribution in [0.5, 0.6) is 0 Å². The van der Waals surface area contributed by atoms with Gasteiger partial charge in [0.05, 0.1) is 17.3 Å². The maximum atomic E-state index is 6.21. The van der Waals surface area contributed by atoms with Crippen LogP contribution < -0.4 is 5.32 Å². The second kappa shape index (κ2) is 5.25. The monoisotopic (exact) mass is 315 g/mol. The summed E-state index contributed by atoms with van der Waals surface area (Å²) in [7, 11) is 0. The van der Waals surface area contributed by atoms with E-state index < -0.39 is 0 Å². The summed E-state index contributed by atoms with van der Waals surface area (Å²) < 4.78 is 1.77. The van der Waals surface area contributed by atoms with E-state index in [0.29, 0.717) is 5.02 Å². The molecule has 3 rings (SSSR count). The van der Waals surface area contributed by atoms with Gasteiger partial charge in [-0.15, -0.1) is 0 Å². The summed E-state index contributed by atoms with van der Waals surface area (Å²) in [6.07, 6.45) is 3.32. The van der Waals surface area contributed by atoms with Crippen molar-refractivity contribution in [1.29, 1.82) is 0 Å². The van der Waals surface area contributed by atoms with Crippen molar-refractivity contribution in [3.63, 3.8) is 0 Å². The Hall–Kier alpha value is -2.14. The summed E-state index contributed by atoms with van der Waals surface area (Å²) in [4.78, 5) is 8.70. The van der Waals surface area contributed by atoms with E-state index in [1.54, 1.807) is 17.2 Å². The number of nitrogens with zero attached hydrogens (tertiary/aromatic N) is 4. The minimum Gasteiger partial charge on any atom is -0.365 e. The molecule has 0 atom stereocenters. The van der Waals surface area contributed by atoms with Gasteiger partial charge in [-0.1, -0.05) is 17.7 Å². The molecule has 0 aliphatic rings. The van der Waals surface area contributed by atoms with Crippen LogP contribution in [0.1, 0.15) is 26.3 Å². The standard InChI is InChI=1S/C16H18ClN5/c1-10-5-6-11(7-13(10)17)22-15-12(8-20-22)14(18-9-19-15)21-16(2,3)4/h5-9H,1-4H3,(H,18,19,21). The van der Waals surface area contributed by atoms with Crippen molar-refractivity contribution >= 4 is 28.5 Å². The lowest BCUT2D eigenvalue weighted by Crippen LogP contribution is -2.26. The van der Waals surface area contributed by atoms with Crippen LogP contribution in [0, 0.1) is 6.92 Å². The molecule has 114 valence electrons. The summed E-state index contributed by atoms with van der Waals surface area (Å²) in [5, 5.41) is 9.42. The van der Waals surface area contributed by atoms with Crippen LogP contribution in [0.15, 0.2) is 30.7 Å². The number of nitrogens with one attached hydrogen (secondary N) is 1. The van der Waals surface area contributed by atoms with E-state index in [1.165, 1.54) is 0 Å². The van der Waals surface area contributed by atoms with Crippen molar-refractivity contribution in [2.45, 2.75) is 33.2 Å². The maximum Gasteiger partial charge on any atom is 0.168 e. The molecular formula is C16H18ClN5. The van der Waals surface area contributed by atoms with Gasteiger partial charge in [0.15, 0.2) is 5.65 Å². The SMILES string of the molecule is Cc1ccc(-n2ncc3c(NC(C)(C)C)ncnc32)cc1Cl. The molecule has 0 spiro atoms. The molecule has 0 fully saturated rings. The van der Waals surface area contributed by atoms with E-state index in [2.05, 4.69) is 41.2 Å². The number of aromatic nitrogens is 4. The first-order valence-electron chi connectivity index (χ1n) is 7.08. The molecule has 2 aromatic heterocycles. The fourth-order valence-corrected chi connectivity index (χ4v) is 2.38. The molecule has 6 heteroatoms. The molecule has 0 aliphatic carbocycles. The van der Waals surface area contributed by atoms with Gasteiger partial charge in [0, 0.05) is 10.6 Å². The highest BCUT2D eigenvalue weighted by Gasteiger charge is 2.16. The molecule has 22 heavy (non-hydrogen) atoms. The third-order valence-electron chi connectivity index (χ3n) is 3.26. The van der Waals surface area contributed by atoms with Crippen molar-refractivity contribution in [2.75, 3.05) is 5.32 Å². The van der Waals surface area contributed by atoms with Crippen molar-refractivity contribution in [3.05, 3.63) is 41.3 Å². The van der Waals surface area contributed by atoms with E-state index in [4.69, 9.17) is 11.6 Å². The zero-order chi connectivity index (χ0) is 15.9. The van der Waals surface area contributed by atoms with Crippen molar-refractivity contribution < 1.29 is 0 Å². The molecule has 1 aromatic carbocycles. The second-order valence-electron chi connectivity index (χ2n) is 6.32. The van der Waals surface area contributed by atoms with Crippen molar-refractivity contribution in [3.8, 4) is 5.69 Å². The lowest BCUT2D eigenvalue weighted by atomic mass is 10.1. The first kappa shape index (κ1) is 14.8. The highest BCUT2D eigenvalue weighted by atomic mass is 35.5. The Morgan fingerprint density at radius 1 is 1.18 bits per heavy atom. The molecule has 0 saturated heterocycles. The Kier molecular flexibility index (Phi) is 3.53. The molecule has 0 amide bonds. The topological polar surface area (TPSA) is 55.6 Å². The van der Waals surface area contributed by atoms with Gasteiger partial charge in [-0.2, -0.15) is 5.10 Å². The predicted molar refractivity (Wildman–Crippen MR) is 89.8 cm³/mol. The summed E-state index contributed by atoms with van der Waals surface area (Å²) >= 11 is 6.21. The Bertz CT molecular complexity index is 832. The highest BCUT2D eigenvalue weighted by Crippen LogP contribution is 2.25. The number of rotatable bonds is 2. The Labute approximate surface area is 134 Å². The number of benzene rings is 1. The van der Waals surface area contributed by atoms with Gasteiger partial charge in [0.2, 0.25) is 0 Å². The molecule has 0 unspecified atom stereocenters. The summed E-state index contributed by atoms with van der Waals surface area (Å²) in [6, 6.07) is 5.84. The van der Waals surface area contributed by atoms with E-state index in [9.17, 15) is 0 Å². The van der Waals surface area contributed by atoms with Crippen LogP contribution in [0.3, 0.4) is 0 Å². The lowest BCUT2D eigenvalue weighted by Gasteiger charge is -2.21. The van der Waals surface area contributed by atoms with Gasteiger partial charge in [-0.05, 0) is 45.4 Å². The van der Waals surface area contributed by atoms with Gasteiger partial charge in [0.25, 0.3) is 0 Å². The largest absolute Gasteiger partial charge is 0.365 e. The van der Waals surface area contributed by atoms with Gasteiger partial charge >= 0.3 is 0 Å². The van der Waals surface area contributed by atoms with Crippen LogP contribution in [-0.2, 0) is 0 Å². The fourth-order valence-electron chi connectivity index (χ4n) is 2.20. The van der Waals surface area contributed by atoms with E-state index in [1.807, 2.05) is 25.1 Å². The first-order valence-corrected chi connectivity index (χ1v) is 7.46. The Morgan fingerprint density at radius 3 is 2.64 bits per heavy atom. The van der Waals surface area contributed by atoms with Gasteiger partial charge < -0.3 is 5.32 Å². The molecular weight excluding hydrogens is 298 g/mol. The summed E-state index contributed by atoms with van der Waals surface area (Å²) in [6.45, 7) is 8.24. The van der Waals surface area contributed by atoms with Crippen LogP contribution in [0.4, 0.5) is 5.82 Å². The normalized spacial score (nSPS) is 11.9. The molecule has 0 radical (unpaired) electrons. The van der Waals surface area contributed by atoms with Crippen molar-refractivity contribution in [2.24, 2.45) is 0 Å². The van der Waals surface area contributed by atoms with Crippen LogP contribution in [0.25, 0.3) is 16.7 Å². The second-order valence-corrected chi connectivity index (χ2v) is 6.73. The molecule has 5 nitrogen and oxygen atoms in total. The molecule has 1 N–H and O–H groups in total. The van der Waals surface area contributed by atoms with Crippen LogP contribution >= 0.6 is 11.6 Å². The van der Waals surface area contributed by atoms with Gasteiger partial charge in [-0.3, -0.25) is 0 Å². The first-order chi connectivity index (χ1) is 10.3. The quantitative estimate of drug-likeness (QED) is 0.777. The van der Waals surface area contributed by atoms with Gasteiger partial charge in [0.1, 0.15) is 12.1 Å². The van der Waals surface area contributed by atoms with E-state index >= 15 is 0 Å². The Balaban J connectivity index is 2.13. The number of hydrogen-bond acceptors (Lipinski definition) is 4. The number of anilines is 1. The highest BCUT2D eigenvalue weighted by molar-refractivity contribution is 6.31. The lowest BCUT2D eigenvalue weighted by molar-refractivity contribution is 0.631. The van der Waals surface area contributed by atoms with Crippen LogP contribution in [-0.4, -0.2) is 25.3 Å². The molecule has 2 heterocycles. The molecule has 3 aromatic rings. The zero-order valence-corrected chi connectivity index (χ0v) is 13.8. The van der Waals surface area contributed by atoms with E-state index in [-0.39, 0.29) is 5.54 Å². The number of aryl methyl sites for hydroxylation is 1. The third-order valence-corrected chi connectivity index (χ3v) is 3.67. The third kappa shape index (κ3) is 2.76. The average molecular weight is 316 g/mol. The van der Waals surface area contributed by atoms with Crippen molar-refractivity contribution in [1.82, 2.24) is 19.7 Å². The average Bonchev–Trinajstić information content (AvgIpc) is 2.85. The summed E-state index contributed by atoms with van der Waals surface area (Å²) in [5.41, 5.74) is 2.58. The Morgan fingerprint density at radius 2 is 1.95 bits per heavy atom. The summed E-state index contributed by atoms with van der Waals surface area (Å²) in [5.74, 6) is 0.780.